The molecule has 0 aliphatic carbocycles. The molecule has 2 rings (SSSR count). The molecule has 76 valence electrons. The van der Waals surface area contributed by atoms with Crippen molar-refractivity contribution in [2.24, 2.45) is 0 Å². The number of nitrogens with zero attached hydrogens (tertiary/aromatic N) is 1. The van der Waals surface area contributed by atoms with Gasteiger partial charge in [-0.25, -0.2) is 4.39 Å². The van der Waals surface area contributed by atoms with Crippen molar-refractivity contribution < 1.29 is 4.39 Å². The van der Waals surface area contributed by atoms with E-state index in [0.717, 1.165) is 17.9 Å². The van der Waals surface area contributed by atoms with Crippen LogP contribution in [0.25, 0.3) is 0 Å². The highest BCUT2D eigenvalue weighted by Crippen LogP contribution is 2.28. The van der Waals surface area contributed by atoms with Gasteiger partial charge in [0.2, 0.25) is 0 Å². The minimum Gasteiger partial charge on any atom is -0.380 e. The van der Waals surface area contributed by atoms with E-state index in [1.807, 2.05) is 11.8 Å². The fourth-order valence-corrected chi connectivity index (χ4v) is 2.79. The first kappa shape index (κ1) is 9.77. The largest absolute Gasteiger partial charge is 0.380 e. The third-order valence-corrected chi connectivity index (χ3v) is 3.63. The molecule has 2 unspecified atom stereocenters. The number of thioether (sulfide) groups is 1. The molecule has 0 radical (unpaired) electrons. The lowest BCUT2D eigenvalue weighted by Gasteiger charge is -2.12. The number of anilines is 1. The van der Waals surface area contributed by atoms with E-state index in [4.69, 9.17) is 0 Å². The Morgan fingerprint density at radius 2 is 2.43 bits per heavy atom. The van der Waals surface area contributed by atoms with Crippen molar-refractivity contribution in [1.29, 1.82) is 0 Å². The summed E-state index contributed by atoms with van der Waals surface area (Å²) in [6, 6.07) is 1.94. The molecule has 2 nitrogen and oxygen atoms in total. The highest BCUT2D eigenvalue weighted by Gasteiger charge is 2.21. The second-order valence-corrected chi connectivity index (χ2v) is 5.08. The molecule has 1 aliphatic heterocycles. The summed E-state index contributed by atoms with van der Waals surface area (Å²) in [5.74, 6) is 0.811. The molecule has 2 atom stereocenters. The maximum absolute atomic E-state index is 12.8. The lowest BCUT2D eigenvalue weighted by atomic mass is 10.2. The summed E-state index contributed by atoms with van der Waals surface area (Å²) >= 11 is 1.95. The van der Waals surface area contributed by atoms with Crippen LogP contribution in [-0.4, -0.2) is 22.0 Å². The fraction of sp³-hybridized carbons (Fsp3) is 0.500. The van der Waals surface area contributed by atoms with Gasteiger partial charge in [0, 0.05) is 23.1 Å². The first-order valence-corrected chi connectivity index (χ1v) is 5.77. The van der Waals surface area contributed by atoms with Crippen LogP contribution in [-0.2, 0) is 0 Å². The zero-order valence-corrected chi connectivity index (χ0v) is 8.85. The third kappa shape index (κ3) is 2.38. The van der Waals surface area contributed by atoms with E-state index in [2.05, 4.69) is 17.2 Å². The summed E-state index contributed by atoms with van der Waals surface area (Å²) < 4.78 is 12.8. The van der Waals surface area contributed by atoms with Gasteiger partial charge in [-0.2, -0.15) is 11.8 Å². The van der Waals surface area contributed by atoms with Crippen molar-refractivity contribution in [3.8, 4) is 0 Å². The van der Waals surface area contributed by atoms with Crippen LogP contribution in [0.4, 0.5) is 10.1 Å². The predicted molar refractivity (Wildman–Crippen MR) is 58.1 cm³/mol. The van der Waals surface area contributed by atoms with Gasteiger partial charge < -0.3 is 5.32 Å². The Labute approximate surface area is 87.3 Å². The molecule has 14 heavy (non-hydrogen) atoms. The minimum absolute atomic E-state index is 0.284. The normalized spacial score (nSPS) is 26.4. The standard InChI is InChI=1S/C10H13FN2S/c1-7-2-10(6-14-7)13-9-3-8(11)4-12-5-9/h3-5,7,10,13H,2,6H2,1H3. The first-order valence-electron chi connectivity index (χ1n) is 4.73. The second-order valence-electron chi connectivity index (χ2n) is 3.61. The van der Waals surface area contributed by atoms with Gasteiger partial charge >= 0.3 is 0 Å². The quantitative estimate of drug-likeness (QED) is 0.815. The van der Waals surface area contributed by atoms with Gasteiger partial charge in [0.1, 0.15) is 5.82 Å². The smallest absolute Gasteiger partial charge is 0.143 e. The van der Waals surface area contributed by atoms with Crippen LogP contribution in [0.15, 0.2) is 18.5 Å². The SMILES string of the molecule is CC1CC(Nc2cncc(F)c2)CS1. The second kappa shape index (κ2) is 4.17. The monoisotopic (exact) mass is 212 g/mol. The Morgan fingerprint density at radius 3 is 3.07 bits per heavy atom. The lowest BCUT2D eigenvalue weighted by Crippen LogP contribution is -2.19. The van der Waals surface area contributed by atoms with E-state index < -0.39 is 0 Å². The van der Waals surface area contributed by atoms with Crippen LogP contribution in [0.2, 0.25) is 0 Å². The molecule has 1 N–H and O–H groups in total. The van der Waals surface area contributed by atoms with Gasteiger partial charge in [-0.15, -0.1) is 0 Å². The van der Waals surface area contributed by atoms with Crippen molar-refractivity contribution >= 4 is 17.4 Å². The van der Waals surface area contributed by atoms with Crippen LogP contribution >= 0.6 is 11.8 Å². The average molecular weight is 212 g/mol. The molecule has 1 aliphatic rings. The zero-order valence-electron chi connectivity index (χ0n) is 8.03. The van der Waals surface area contributed by atoms with Gasteiger partial charge in [-0.05, 0) is 6.42 Å². The Kier molecular flexibility index (Phi) is 2.91. The van der Waals surface area contributed by atoms with Crippen molar-refractivity contribution in [1.82, 2.24) is 4.98 Å². The van der Waals surface area contributed by atoms with E-state index in [-0.39, 0.29) is 5.82 Å². The van der Waals surface area contributed by atoms with Gasteiger partial charge in [0.05, 0.1) is 18.1 Å². The van der Waals surface area contributed by atoms with Crippen molar-refractivity contribution in [3.63, 3.8) is 0 Å². The van der Waals surface area contributed by atoms with E-state index in [1.165, 1.54) is 12.3 Å². The highest BCUT2D eigenvalue weighted by atomic mass is 32.2. The molecule has 1 saturated heterocycles. The first-order chi connectivity index (χ1) is 6.74. The van der Waals surface area contributed by atoms with E-state index in [0.29, 0.717) is 11.3 Å². The summed E-state index contributed by atoms with van der Waals surface area (Å²) in [6.07, 6.45) is 4.02. The van der Waals surface area contributed by atoms with E-state index in [1.54, 1.807) is 6.20 Å². The topological polar surface area (TPSA) is 24.9 Å². The molecule has 0 amide bonds. The summed E-state index contributed by atoms with van der Waals surface area (Å²) in [4.78, 5) is 3.80. The van der Waals surface area contributed by atoms with Crippen LogP contribution in [0.1, 0.15) is 13.3 Å². The molecule has 2 heterocycles. The Balaban J connectivity index is 1.97. The number of halogens is 1. The number of aromatic nitrogens is 1. The molecule has 0 aromatic carbocycles. The van der Waals surface area contributed by atoms with Gasteiger partial charge in [0.25, 0.3) is 0 Å². The number of hydrogen-bond acceptors (Lipinski definition) is 3. The highest BCUT2D eigenvalue weighted by molar-refractivity contribution is 8.00. The summed E-state index contributed by atoms with van der Waals surface area (Å²) in [5, 5.41) is 3.99. The molecular weight excluding hydrogens is 199 g/mol. The van der Waals surface area contributed by atoms with Crippen LogP contribution in [0, 0.1) is 5.82 Å². The molecule has 0 spiro atoms. The van der Waals surface area contributed by atoms with Gasteiger partial charge in [-0.1, -0.05) is 6.92 Å². The lowest BCUT2D eigenvalue weighted by molar-refractivity contribution is 0.621. The predicted octanol–water partition coefficient (Wildman–Crippen LogP) is 2.53. The van der Waals surface area contributed by atoms with Crippen LogP contribution < -0.4 is 5.32 Å². The third-order valence-electron chi connectivity index (χ3n) is 2.27. The molecule has 1 fully saturated rings. The average Bonchev–Trinajstić information content (AvgIpc) is 2.51. The Hall–Kier alpha value is -0.770. The number of pyridine rings is 1. The molecule has 1 aromatic heterocycles. The number of hydrogen-bond donors (Lipinski definition) is 1. The number of rotatable bonds is 2. The Bertz CT molecular complexity index is 319. The van der Waals surface area contributed by atoms with Crippen molar-refractivity contribution in [2.75, 3.05) is 11.1 Å². The zero-order chi connectivity index (χ0) is 9.97. The number of nitrogens with one attached hydrogen (secondary N) is 1. The Morgan fingerprint density at radius 1 is 1.57 bits per heavy atom. The minimum atomic E-state index is -0.284. The van der Waals surface area contributed by atoms with Crippen LogP contribution in [0.5, 0.6) is 0 Å². The van der Waals surface area contributed by atoms with E-state index >= 15 is 0 Å². The summed E-state index contributed by atoms with van der Waals surface area (Å²) in [6.45, 7) is 2.22. The van der Waals surface area contributed by atoms with Gasteiger partial charge in [-0.3, -0.25) is 4.98 Å². The molecule has 1 aromatic rings. The fourth-order valence-electron chi connectivity index (χ4n) is 1.64. The summed E-state index contributed by atoms with van der Waals surface area (Å²) in [7, 11) is 0. The molecule has 0 bridgehead atoms. The van der Waals surface area contributed by atoms with Crippen molar-refractivity contribution in [3.05, 3.63) is 24.3 Å². The maximum Gasteiger partial charge on any atom is 0.143 e. The van der Waals surface area contributed by atoms with Crippen LogP contribution in [0.3, 0.4) is 0 Å². The van der Waals surface area contributed by atoms with Crippen molar-refractivity contribution in [2.45, 2.75) is 24.6 Å². The maximum atomic E-state index is 12.8. The molecule has 0 saturated carbocycles. The molecular formula is C10H13FN2S. The van der Waals surface area contributed by atoms with E-state index in [9.17, 15) is 4.39 Å². The summed E-state index contributed by atoms with van der Waals surface area (Å²) in [5.41, 5.74) is 0.782. The van der Waals surface area contributed by atoms with Gasteiger partial charge in [0.15, 0.2) is 0 Å². The molecule has 4 heteroatoms.